The quantitative estimate of drug-likeness (QED) is 0.878. The van der Waals surface area contributed by atoms with Gasteiger partial charge in [0.05, 0.1) is 6.54 Å². The van der Waals surface area contributed by atoms with Gasteiger partial charge in [-0.05, 0) is 42.5 Å². The first-order chi connectivity index (χ1) is 9.24. The molecule has 0 aliphatic heterocycles. The van der Waals surface area contributed by atoms with Crippen molar-refractivity contribution in [2.24, 2.45) is 0 Å². The average Bonchev–Trinajstić information content (AvgIpc) is 3.12. The SMILES string of the molecule is Cl.Nc1cccc(C(=O)N(Cc2cccs2)C2CC2)c1. The van der Waals surface area contributed by atoms with E-state index in [1.165, 1.54) is 4.88 Å². The molecule has 5 heteroatoms. The van der Waals surface area contributed by atoms with Crippen molar-refractivity contribution in [2.75, 3.05) is 5.73 Å². The number of carbonyl (C=O) groups excluding carboxylic acids is 1. The lowest BCUT2D eigenvalue weighted by Gasteiger charge is -2.22. The summed E-state index contributed by atoms with van der Waals surface area (Å²) in [6, 6.07) is 11.7. The number of rotatable bonds is 4. The van der Waals surface area contributed by atoms with E-state index in [2.05, 4.69) is 6.07 Å². The summed E-state index contributed by atoms with van der Waals surface area (Å²) in [5.41, 5.74) is 7.08. The van der Waals surface area contributed by atoms with Crippen LogP contribution in [0.15, 0.2) is 41.8 Å². The number of hydrogen-bond acceptors (Lipinski definition) is 3. The van der Waals surface area contributed by atoms with E-state index < -0.39 is 0 Å². The van der Waals surface area contributed by atoms with Gasteiger partial charge < -0.3 is 10.6 Å². The van der Waals surface area contributed by atoms with Gasteiger partial charge in [-0.15, -0.1) is 23.7 Å². The Morgan fingerprint density at radius 1 is 1.30 bits per heavy atom. The van der Waals surface area contributed by atoms with Crippen molar-refractivity contribution in [3.63, 3.8) is 0 Å². The van der Waals surface area contributed by atoms with Crippen molar-refractivity contribution in [1.29, 1.82) is 0 Å². The van der Waals surface area contributed by atoms with E-state index >= 15 is 0 Å². The number of carbonyl (C=O) groups is 1. The van der Waals surface area contributed by atoms with E-state index in [1.807, 2.05) is 28.5 Å². The second-order valence-corrected chi connectivity index (χ2v) is 5.90. The molecule has 3 nitrogen and oxygen atoms in total. The summed E-state index contributed by atoms with van der Waals surface area (Å²) in [5.74, 6) is 0.0863. The predicted octanol–water partition coefficient (Wildman–Crippen LogP) is 3.56. The Hall–Kier alpha value is -1.52. The van der Waals surface area contributed by atoms with Crippen LogP contribution < -0.4 is 5.73 Å². The number of anilines is 1. The van der Waals surface area contributed by atoms with Crippen molar-refractivity contribution >= 4 is 35.3 Å². The Balaban J connectivity index is 0.00000147. The Morgan fingerprint density at radius 3 is 2.70 bits per heavy atom. The minimum Gasteiger partial charge on any atom is -0.399 e. The van der Waals surface area contributed by atoms with Gasteiger partial charge in [-0.25, -0.2) is 0 Å². The van der Waals surface area contributed by atoms with Gasteiger partial charge in [-0.3, -0.25) is 4.79 Å². The van der Waals surface area contributed by atoms with Gasteiger partial charge in [0, 0.05) is 22.2 Å². The monoisotopic (exact) mass is 308 g/mol. The Labute approximate surface area is 128 Å². The average molecular weight is 309 g/mol. The zero-order chi connectivity index (χ0) is 13.2. The molecule has 0 saturated heterocycles. The highest BCUT2D eigenvalue weighted by Crippen LogP contribution is 2.30. The van der Waals surface area contributed by atoms with Crippen molar-refractivity contribution in [3.05, 3.63) is 52.2 Å². The van der Waals surface area contributed by atoms with Crippen LogP contribution in [0.3, 0.4) is 0 Å². The number of nitrogens with two attached hydrogens (primary N) is 1. The standard InChI is InChI=1S/C15H16N2OS.ClH/c16-12-4-1-3-11(9-12)15(18)17(13-6-7-13)10-14-5-2-8-19-14;/h1-5,8-9,13H,6-7,10,16H2;1H. The van der Waals surface area contributed by atoms with Crippen LogP contribution >= 0.6 is 23.7 Å². The molecule has 0 atom stereocenters. The lowest BCUT2D eigenvalue weighted by molar-refractivity contribution is 0.0732. The van der Waals surface area contributed by atoms with E-state index in [9.17, 15) is 4.79 Å². The van der Waals surface area contributed by atoms with Gasteiger partial charge in [-0.2, -0.15) is 0 Å². The Kier molecular flexibility index (Phi) is 4.68. The second kappa shape index (κ2) is 6.29. The summed E-state index contributed by atoms with van der Waals surface area (Å²) in [6.07, 6.45) is 2.22. The third-order valence-corrected chi connectivity index (χ3v) is 4.15. The van der Waals surface area contributed by atoms with Crippen molar-refractivity contribution in [2.45, 2.75) is 25.4 Å². The number of amides is 1. The molecule has 0 spiro atoms. The summed E-state index contributed by atoms with van der Waals surface area (Å²) in [4.78, 5) is 15.8. The molecule has 1 fully saturated rings. The van der Waals surface area contributed by atoms with Gasteiger partial charge in [0.2, 0.25) is 0 Å². The first-order valence-electron chi connectivity index (χ1n) is 6.43. The second-order valence-electron chi connectivity index (χ2n) is 4.87. The zero-order valence-corrected chi connectivity index (χ0v) is 12.6. The molecular weight excluding hydrogens is 292 g/mol. The molecule has 1 aromatic heterocycles. The summed E-state index contributed by atoms with van der Waals surface area (Å²) >= 11 is 1.69. The highest BCUT2D eigenvalue weighted by Gasteiger charge is 2.33. The maximum Gasteiger partial charge on any atom is 0.254 e. The van der Waals surface area contributed by atoms with Crippen LogP contribution in [0.5, 0.6) is 0 Å². The molecular formula is C15H17ClN2OS. The fourth-order valence-electron chi connectivity index (χ4n) is 2.16. The third-order valence-electron chi connectivity index (χ3n) is 3.29. The normalized spacial score (nSPS) is 13.6. The topological polar surface area (TPSA) is 46.3 Å². The molecule has 20 heavy (non-hydrogen) atoms. The molecule has 1 aliphatic rings. The van der Waals surface area contributed by atoms with E-state index in [4.69, 9.17) is 5.73 Å². The molecule has 1 amide bonds. The van der Waals surface area contributed by atoms with Crippen LogP contribution in [-0.2, 0) is 6.54 Å². The molecule has 1 saturated carbocycles. The molecule has 0 bridgehead atoms. The number of hydrogen-bond donors (Lipinski definition) is 1. The van der Waals surface area contributed by atoms with Crippen LogP contribution in [0.4, 0.5) is 5.69 Å². The lowest BCUT2D eigenvalue weighted by atomic mass is 10.1. The fourth-order valence-corrected chi connectivity index (χ4v) is 2.86. The Bertz CT molecular complexity index is 581. The largest absolute Gasteiger partial charge is 0.399 e. The molecule has 106 valence electrons. The van der Waals surface area contributed by atoms with Gasteiger partial charge in [0.15, 0.2) is 0 Å². The Morgan fingerprint density at radius 2 is 2.10 bits per heavy atom. The first-order valence-corrected chi connectivity index (χ1v) is 7.31. The van der Waals surface area contributed by atoms with Crippen LogP contribution in [0, 0.1) is 0 Å². The van der Waals surface area contributed by atoms with E-state index in [0.717, 1.165) is 12.8 Å². The molecule has 0 radical (unpaired) electrons. The fraction of sp³-hybridized carbons (Fsp3) is 0.267. The zero-order valence-electron chi connectivity index (χ0n) is 11.0. The summed E-state index contributed by atoms with van der Waals surface area (Å²) < 4.78 is 0. The first kappa shape index (κ1) is 14.9. The molecule has 0 unspecified atom stereocenters. The number of halogens is 1. The molecule has 1 aliphatic carbocycles. The maximum absolute atomic E-state index is 12.6. The summed E-state index contributed by atoms with van der Waals surface area (Å²) in [6.45, 7) is 0.704. The van der Waals surface area contributed by atoms with E-state index in [0.29, 0.717) is 23.8 Å². The highest BCUT2D eigenvalue weighted by molar-refractivity contribution is 7.09. The maximum atomic E-state index is 12.6. The molecule has 3 rings (SSSR count). The number of benzene rings is 1. The smallest absolute Gasteiger partial charge is 0.254 e. The third kappa shape index (κ3) is 3.32. The molecule has 2 aromatic rings. The summed E-state index contributed by atoms with van der Waals surface area (Å²) in [7, 11) is 0. The van der Waals surface area contributed by atoms with Gasteiger partial charge >= 0.3 is 0 Å². The van der Waals surface area contributed by atoms with Crippen LogP contribution in [0.25, 0.3) is 0 Å². The highest BCUT2D eigenvalue weighted by atomic mass is 35.5. The van der Waals surface area contributed by atoms with Crippen LogP contribution in [0.2, 0.25) is 0 Å². The van der Waals surface area contributed by atoms with E-state index in [-0.39, 0.29) is 18.3 Å². The molecule has 2 N–H and O–H groups in total. The van der Waals surface area contributed by atoms with Crippen molar-refractivity contribution in [3.8, 4) is 0 Å². The van der Waals surface area contributed by atoms with E-state index in [1.54, 1.807) is 23.5 Å². The van der Waals surface area contributed by atoms with Crippen molar-refractivity contribution < 1.29 is 4.79 Å². The minimum absolute atomic E-state index is 0. The van der Waals surface area contributed by atoms with Gasteiger partial charge in [0.1, 0.15) is 0 Å². The molecule has 1 heterocycles. The lowest BCUT2D eigenvalue weighted by Crippen LogP contribution is -2.32. The van der Waals surface area contributed by atoms with Gasteiger partial charge in [0.25, 0.3) is 5.91 Å². The number of thiophene rings is 1. The number of nitrogen functional groups attached to an aromatic ring is 1. The predicted molar refractivity (Wildman–Crippen MR) is 85.3 cm³/mol. The van der Waals surface area contributed by atoms with Gasteiger partial charge in [-0.1, -0.05) is 12.1 Å². The summed E-state index contributed by atoms with van der Waals surface area (Å²) in [5, 5.41) is 2.05. The van der Waals surface area contributed by atoms with Crippen LogP contribution in [0.1, 0.15) is 28.1 Å². The molecule has 1 aromatic carbocycles. The van der Waals surface area contributed by atoms with Crippen molar-refractivity contribution in [1.82, 2.24) is 4.90 Å². The minimum atomic E-state index is 0. The number of nitrogens with zero attached hydrogens (tertiary/aromatic N) is 1. The van der Waals surface area contributed by atoms with Crippen LogP contribution in [-0.4, -0.2) is 16.8 Å².